The van der Waals surface area contributed by atoms with Crippen LogP contribution >= 0.6 is 22.7 Å². The molecule has 9 heteroatoms. The van der Waals surface area contributed by atoms with Crippen LogP contribution in [0, 0.1) is 0 Å². The summed E-state index contributed by atoms with van der Waals surface area (Å²) >= 11 is 2.69. The van der Waals surface area contributed by atoms with Gasteiger partial charge in [0.1, 0.15) is 0 Å². The number of furan rings is 1. The maximum absolute atomic E-state index is 12.4. The minimum absolute atomic E-state index is 0.210. The van der Waals surface area contributed by atoms with E-state index in [1.54, 1.807) is 18.4 Å². The van der Waals surface area contributed by atoms with Gasteiger partial charge in [0.25, 0.3) is 5.91 Å². The molecule has 0 aromatic carbocycles. The molecule has 4 aromatic heterocycles. The highest BCUT2D eigenvalue weighted by molar-refractivity contribution is 7.18. The van der Waals surface area contributed by atoms with E-state index in [-0.39, 0.29) is 5.69 Å². The van der Waals surface area contributed by atoms with Crippen LogP contribution < -0.4 is 5.32 Å². The average molecular weight is 344 g/mol. The zero-order chi connectivity index (χ0) is 15.6. The van der Waals surface area contributed by atoms with Gasteiger partial charge in [-0.3, -0.25) is 10.1 Å². The first-order valence-corrected chi connectivity index (χ1v) is 8.17. The lowest BCUT2D eigenvalue weighted by Gasteiger charge is -1.98. The van der Waals surface area contributed by atoms with Gasteiger partial charge >= 0.3 is 0 Å². The predicted octanol–water partition coefficient (Wildman–Crippen LogP) is 3.77. The molecule has 1 N–H and O–H groups in total. The molecular formula is C14H8N4O3S2. The molecule has 4 rings (SSSR count). The van der Waals surface area contributed by atoms with E-state index < -0.39 is 5.91 Å². The monoisotopic (exact) mass is 344 g/mol. The first-order chi connectivity index (χ1) is 11.3. The number of thiophene rings is 1. The second-order valence-electron chi connectivity index (χ2n) is 4.35. The zero-order valence-electron chi connectivity index (χ0n) is 11.4. The average Bonchev–Trinajstić information content (AvgIpc) is 3.30. The Morgan fingerprint density at radius 2 is 2.13 bits per heavy atom. The topological polar surface area (TPSA) is 94.1 Å². The molecule has 23 heavy (non-hydrogen) atoms. The molecule has 0 aliphatic heterocycles. The number of carbonyl (C=O) groups is 1. The SMILES string of the molecule is O=C(Nc1nnc(-c2ccco2)s1)c1ncoc1-c1cccs1. The Bertz CT molecular complexity index is 925. The summed E-state index contributed by atoms with van der Waals surface area (Å²) in [6.07, 6.45) is 2.80. The number of aromatic nitrogens is 3. The summed E-state index contributed by atoms with van der Waals surface area (Å²) in [5.41, 5.74) is 0.210. The Hall–Kier alpha value is -2.78. The van der Waals surface area contributed by atoms with Gasteiger partial charge in [-0.25, -0.2) is 4.98 Å². The van der Waals surface area contributed by atoms with E-state index in [2.05, 4.69) is 20.5 Å². The van der Waals surface area contributed by atoms with Gasteiger partial charge in [-0.05, 0) is 23.6 Å². The molecule has 1 amide bonds. The lowest BCUT2D eigenvalue weighted by molar-refractivity contribution is 0.102. The Balaban J connectivity index is 1.56. The Labute approximate surface area is 137 Å². The van der Waals surface area contributed by atoms with Crippen molar-refractivity contribution in [3.05, 3.63) is 48.0 Å². The molecule has 114 valence electrons. The summed E-state index contributed by atoms with van der Waals surface area (Å²) in [6, 6.07) is 7.28. The normalized spacial score (nSPS) is 10.8. The molecule has 0 spiro atoms. The molecule has 4 heterocycles. The number of hydrogen-bond donors (Lipinski definition) is 1. The van der Waals surface area contributed by atoms with Gasteiger partial charge in [-0.2, -0.15) is 0 Å². The summed E-state index contributed by atoms with van der Waals surface area (Å²) in [5.74, 6) is 0.640. The van der Waals surface area contributed by atoms with Crippen molar-refractivity contribution < 1.29 is 13.6 Å². The van der Waals surface area contributed by atoms with E-state index in [4.69, 9.17) is 8.83 Å². The first kappa shape index (κ1) is 13.9. The number of nitrogens with one attached hydrogen (secondary N) is 1. The van der Waals surface area contributed by atoms with E-state index in [0.717, 1.165) is 4.88 Å². The van der Waals surface area contributed by atoms with Crippen LogP contribution in [0.25, 0.3) is 21.4 Å². The minimum atomic E-state index is -0.399. The molecular weight excluding hydrogens is 336 g/mol. The van der Waals surface area contributed by atoms with Gasteiger partial charge < -0.3 is 8.83 Å². The van der Waals surface area contributed by atoms with Crippen LogP contribution in [0.3, 0.4) is 0 Å². The molecule has 0 saturated carbocycles. The van der Waals surface area contributed by atoms with E-state index in [1.807, 2.05) is 17.5 Å². The lowest BCUT2D eigenvalue weighted by atomic mass is 10.3. The summed E-state index contributed by atoms with van der Waals surface area (Å²) in [6.45, 7) is 0. The third kappa shape index (κ3) is 2.67. The maximum atomic E-state index is 12.4. The van der Waals surface area contributed by atoms with Crippen LogP contribution in [0.4, 0.5) is 5.13 Å². The molecule has 0 saturated heterocycles. The van der Waals surface area contributed by atoms with Crippen molar-refractivity contribution in [2.75, 3.05) is 5.32 Å². The summed E-state index contributed by atoms with van der Waals surface area (Å²) in [7, 11) is 0. The number of hydrogen-bond acceptors (Lipinski definition) is 8. The van der Waals surface area contributed by atoms with Crippen molar-refractivity contribution in [1.82, 2.24) is 15.2 Å². The Morgan fingerprint density at radius 3 is 2.91 bits per heavy atom. The third-order valence-electron chi connectivity index (χ3n) is 2.90. The number of nitrogens with zero attached hydrogens (tertiary/aromatic N) is 3. The number of anilines is 1. The van der Waals surface area contributed by atoms with E-state index in [9.17, 15) is 4.79 Å². The Kier molecular flexibility index (Phi) is 3.48. The van der Waals surface area contributed by atoms with E-state index in [0.29, 0.717) is 21.7 Å². The van der Waals surface area contributed by atoms with E-state index >= 15 is 0 Å². The smallest absolute Gasteiger partial charge is 0.280 e. The Morgan fingerprint density at radius 1 is 1.17 bits per heavy atom. The van der Waals surface area contributed by atoms with Gasteiger partial charge in [-0.1, -0.05) is 17.4 Å². The maximum Gasteiger partial charge on any atom is 0.280 e. The van der Waals surface area contributed by atoms with Crippen molar-refractivity contribution in [3.63, 3.8) is 0 Å². The van der Waals surface area contributed by atoms with Crippen molar-refractivity contribution >= 4 is 33.7 Å². The van der Waals surface area contributed by atoms with Crippen molar-refractivity contribution in [3.8, 4) is 21.4 Å². The van der Waals surface area contributed by atoms with Crippen molar-refractivity contribution in [2.24, 2.45) is 0 Å². The predicted molar refractivity (Wildman–Crippen MR) is 85.4 cm³/mol. The number of rotatable bonds is 4. The highest BCUT2D eigenvalue weighted by Crippen LogP contribution is 2.29. The van der Waals surface area contributed by atoms with Gasteiger partial charge in [0, 0.05) is 0 Å². The minimum Gasteiger partial charge on any atom is -0.462 e. The molecule has 7 nitrogen and oxygen atoms in total. The van der Waals surface area contributed by atoms with Crippen molar-refractivity contribution in [1.29, 1.82) is 0 Å². The quantitative estimate of drug-likeness (QED) is 0.605. The number of carbonyl (C=O) groups excluding carboxylic acids is 1. The number of oxazole rings is 1. The highest BCUT2D eigenvalue weighted by atomic mass is 32.1. The molecule has 4 aromatic rings. The fraction of sp³-hybridized carbons (Fsp3) is 0. The van der Waals surface area contributed by atoms with Gasteiger partial charge in [-0.15, -0.1) is 21.5 Å². The molecule has 0 bridgehead atoms. The molecule has 0 aliphatic rings. The summed E-state index contributed by atoms with van der Waals surface area (Å²) in [4.78, 5) is 17.2. The second kappa shape index (κ2) is 5.78. The van der Waals surface area contributed by atoms with Gasteiger partial charge in [0.15, 0.2) is 28.6 Å². The molecule has 0 radical (unpaired) electrons. The molecule has 0 unspecified atom stereocenters. The fourth-order valence-electron chi connectivity index (χ4n) is 1.92. The standard InChI is InChI=1S/C14H8N4O3S2/c19-12(10-11(21-7-15-10)9-4-2-6-22-9)16-14-18-17-13(23-14)8-3-1-5-20-8/h1-7H,(H,16,18,19). The molecule has 0 fully saturated rings. The van der Waals surface area contributed by atoms with Gasteiger partial charge in [0.05, 0.1) is 11.1 Å². The summed E-state index contributed by atoms with van der Waals surface area (Å²) < 4.78 is 10.6. The van der Waals surface area contributed by atoms with Gasteiger partial charge in [0.2, 0.25) is 5.13 Å². The van der Waals surface area contributed by atoms with Crippen LogP contribution in [0.5, 0.6) is 0 Å². The molecule has 0 aliphatic carbocycles. The third-order valence-corrected chi connectivity index (χ3v) is 4.63. The van der Waals surface area contributed by atoms with Crippen LogP contribution in [-0.2, 0) is 0 Å². The largest absolute Gasteiger partial charge is 0.462 e. The molecule has 0 atom stereocenters. The second-order valence-corrected chi connectivity index (χ2v) is 6.28. The lowest BCUT2D eigenvalue weighted by Crippen LogP contribution is -2.13. The highest BCUT2D eigenvalue weighted by Gasteiger charge is 2.20. The van der Waals surface area contributed by atoms with Crippen LogP contribution in [0.2, 0.25) is 0 Å². The van der Waals surface area contributed by atoms with Crippen LogP contribution in [0.1, 0.15) is 10.5 Å². The van der Waals surface area contributed by atoms with Crippen LogP contribution in [-0.4, -0.2) is 21.1 Å². The van der Waals surface area contributed by atoms with Crippen LogP contribution in [0.15, 0.2) is 51.1 Å². The van der Waals surface area contributed by atoms with Crippen molar-refractivity contribution in [2.45, 2.75) is 0 Å². The number of amides is 1. The first-order valence-electron chi connectivity index (χ1n) is 6.47. The summed E-state index contributed by atoms with van der Waals surface area (Å²) in [5, 5.41) is 13.4. The fourth-order valence-corrected chi connectivity index (χ4v) is 3.34. The van der Waals surface area contributed by atoms with E-state index in [1.165, 1.54) is 29.1 Å². The zero-order valence-corrected chi connectivity index (χ0v) is 13.1.